The fraction of sp³-hybridized carbons (Fsp3) is 0.400. The number of H-pyrrole nitrogens is 1. The molecule has 1 amide bonds. The summed E-state index contributed by atoms with van der Waals surface area (Å²) in [5.74, 6) is 0.906. The number of sulfonamides is 1. The van der Waals surface area contributed by atoms with E-state index in [-0.39, 0.29) is 17.3 Å². The van der Waals surface area contributed by atoms with Crippen molar-refractivity contribution in [2.45, 2.75) is 44.0 Å². The predicted molar refractivity (Wildman–Crippen MR) is 131 cm³/mol. The van der Waals surface area contributed by atoms with E-state index in [1.165, 1.54) is 0 Å². The fourth-order valence-electron chi connectivity index (χ4n) is 4.39. The van der Waals surface area contributed by atoms with E-state index in [9.17, 15) is 13.2 Å². The maximum atomic E-state index is 12.9. The summed E-state index contributed by atoms with van der Waals surface area (Å²) in [5, 5.41) is 3.81. The fourth-order valence-corrected chi connectivity index (χ4v) is 5.91. The Labute approximate surface area is 200 Å². The van der Waals surface area contributed by atoms with Gasteiger partial charge in [0, 0.05) is 25.0 Å². The zero-order chi connectivity index (χ0) is 24.3. The zero-order valence-corrected chi connectivity index (χ0v) is 20.6. The second-order valence-corrected chi connectivity index (χ2v) is 10.3. The van der Waals surface area contributed by atoms with Crippen molar-refractivity contribution < 1.29 is 22.7 Å². The number of carbonyl (C=O) groups excluding carboxylic acids is 1. The molecule has 0 radical (unpaired) electrons. The zero-order valence-electron chi connectivity index (χ0n) is 19.8. The monoisotopic (exact) mass is 485 g/mol. The number of nitrogens with zero attached hydrogens (tertiary/aromatic N) is 1. The van der Waals surface area contributed by atoms with Crippen molar-refractivity contribution in [1.82, 2.24) is 14.6 Å². The van der Waals surface area contributed by atoms with Crippen LogP contribution >= 0.6 is 0 Å². The van der Waals surface area contributed by atoms with Gasteiger partial charge in [-0.15, -0.1) is 0 Å². The first-order valence-corrected chi connectivity index (χ1v) is 13.0. The Morgan fingerprint density at radius 3 is 2.38 bits per heavy atom. The molecule has 1 aliphatic heterocycles. The first-order chi connectivity index (χ1) is 16.4. The van der Waals surface area contributed by atoms with E-state index < -0.39 is 10.0 Å². The van der Waals surface area contributed by atoms with Gasteiger partial charge in [0.15, 0.2) is 11.5 Å². The van der Waals surface area contributed by atoms with Gasteiger partial charge in [-0.3, -0.25) is 4.79 Å². The molecule has 0 unspecified atom stereocenters. The lowest BCUT2D eigenvalue weighted by molar-refractivity contribution is 0.0946. The molecule has 0 saturated carbocycles. The van der Waals surface area contributed by atoms with Gasteiger partial charge in [0.2, 0.25) is 10.0 Å². The third-order valence-electron chi connectivity index (χ3n) is 6.30. The summed E-state index contributed by atoms with van der Waals surface area (Å²) < 4.78 is 38.1. The van der Waals surface area contributed by atoms with Crippen molar-refractivity contribution in [2.75, 3.05) is 27.3 Å². The van der Waals surface area contributed by atoms with Gasteiger partial charge in [-0.2, -0.15) is 4.31 Å². The first-order valence-electron chi connectivity index (χ1n) is 11.5. The molecule has 1 aliphatic rings. The number of fused-ring (bicyclic) bond motifs is 1. The summed E-state index contributed by atoms with van der Waals surface area (Å²) in [6.45, 7) is 3.46. The van der Waals surface area contributed by atoms with Gasteiger partial charge in [0.05, 0.1) is 24.6 Å². The highest BCUT2D eigenvalue weighted by atomic mass is 32.2. The van der Waals surface area contributed by atoms with Crippen LogP contribution in [0.5, 0.6) is 11.5 Å². The van der Waals surface area contributed by atoms with Crippen LogP contribution in [0, 0.1) is 0 Å². The molecule has 3 aromatic rings. The van der Waals surface area contributed by atoms with Crippen molar-refractivity contribution in [3.63, 3.8) is 0 Å². The molecule has 182 valence electrons. The second-order valence-electron chi connectivity index (χ2n) is 8.39. The molecule has 1 fully saturated rings. The molecule has 34 heavy (non-hydrogen) atoms. The van der Waals surface area contributed by atoms with Crippen molar-refractivity contribution >= 4 is 26.8 Å². The number of piperidine rings is 1. The number of nitrogens with one attached hydrogen (secondary N) is 2. The normalized spacial score (nSPS) is 14.8. The number of hydrogen-bond acceptors (Lipinski definition) is 5. The summed E-state index contributed by atoms with van der Waals surface area (Å²) in [4.78, 5) is 16.3. The minimum Gasteiger partial charge on any atom is -0.493 e. The molecule has 2 N–H and O–H groups in total. The molecule has 2 heterocycles. The SMILES string of the molecule is CCc1cc(OC)c(OC)c2[nH]c(C(=O)NCc3ccc(S(=O)(=O)N4CCCCC4)cc3)cc12. The van der Waals surface area contributed by atoms with Crippen LogP contribution in [0.1, 0.15) is 47.8 Å². The number of benzene rings is 2. The number of aryl methyl sites for hydroxylation is 1. The Morgan fingerprint density at radius 1 is 1.06 bits per heavy atom. The number of ether oxygens (including phenoxy) is 2. The third kappa shape index (κ3) is 4.63. The van der Waals surface area contributed by atoms with Crippen molar-refractivity contribution in [1.29, 1.82) is 0 Å². The van der Waals surface area contributed by atoms with Crippen LogP contribution in [-0.4, -0.2) is 50.9 Å². The van der Waals surface area contributed by atoms with Gasteiger partial charge >= 0.3 is 0 Å². The molecular formula is C25H31N3O5S. The summed E-state index contributed by atoms with van der Waals surface area (Å²) in [7, 11) is -0.314. The number of aromatic amines is 1. The summed E-state index contributed by atoms with van der Waals surface area (Å²) in [6, 6.07) is 10.4. The van der Waals surface area contributed by atoms with Crippen LogP contribution in [0.3, 0.4) is 0 Å². The molecule has 4 rings (SSSR count). The number of amides is 1. The van der Waals surface area contributed by atoms with Crippen LogP contribution in [-0.2, 0) is 23.0 Å². The first kappa shape index (κ1) is 24.1. The Balaban J connectivity index is 1.48. The molecule has 0 bridgehead atoms. The highest BCUT2D eigenvalue weighted by Gasteiger charge is 2.25. The molecule has 0 spiro atoms. The highest BCUT2D eigenvalue weighted by Crippen LogP contribution is 2.38. The van der Waals surface area contributed by atoms with Crippen molar-refractivity contribution in [3.05, 3.63) is 53.2 Å². The van der Waals surface area contributed by atoms with Crippen molar-refractivity contribution in [2.24, 2.45) is 0 Å². The van der Waals surface area contributed by atoms with Crippen LogP contribution in [0.4, 0.5) is 0 Å². The number of rotatable bonds is 8. The Kier molecular flexibility index (Phi) is 7.13. The molecule has 2 aromatic carbocycles. The number of hydrogen-bond donors (Lipinski definition) is 2. The smallest absolute Gasteiger partial charge is 0.267 e. The minimum absolute atomic E-state index is 0.260. The van der Waals surface area contributed by atoms with Crippen LogP contribution in [0.15, 0.2) is 41.3 Å². The van der Waals surface area contributed by atoms with Gasteiger partial charge in [-0.05, 0) is 54.7 Å². The largest absolute Gasteiger partial charge is 0.493 e. The maximum absolute atomic E-state index is 12.9. The Morgan fingerprint density at radius 2 is 1.76 bits per heavy atom. The summed E-state index contributed by atoms with van der Waals surface area (Å²) >= 11 is 0. The number of methoxy groups -OCH3 is 2. The Hall–Kier alpha value is -3.04. The number of aromatic nitrogens is 1. The van der Waals surface area contributed by atoms with E-state index in [0.717, 1.165) is 47.7 Å². The highest BCUT2D eigenvalue weighted by molar-refractivity contribution is 7.89. The Bertz CT molecular complexity index is 1280. The van der Waals surface area contributed by atoms with E-state index in [2.05, 4.69) is 10.3 Å². The molecule has 9 heteroatoms. The molecule has 0 atom stereocenters. The average Bonchev–Trinajstić information content (AvgIpc) is 3.32. The second kappa shape index (κ2) is 10.1. The molecular weight excluding hydrogens is 454 g/mol. The van der Waals surface area contributed by atoms with E-state index in [4.69, 9.17) is 9.47 Å². The lowest BCUT2D eigenvalue weighted by atomic mass is 10.1. The topological polar surface area (TPSA) is 101 Å². The predicted octanol–water partition coefficient (Wildman–Crippen LogP) is 3.85. The average molecular weight is 486 g/mol. The summed E-state index contributed by atoms with van der Waals surface area (Å²) in [6.07, 6.45) is 3.65. The maximum Gasteiger partial charge on any atom is 0.267 e. The third-order valence-corrected chi connectivity index (χ3v) is 8.21. The van der Waals surface area contributed by atoms with Gasteiger partial charge in [0.1, 0.15) is 5.69 Å². The van der Waals surface area contributed by atoms with E-state index >= 15 is 0 Å². The van der Waals surface area contributed by atoms with Crippen LogP contribution < -0.4 is 14.8 Å². The molecule has 8 nitrogen and oxygen atoms in total. The van der Waals surface area contributed by atoms with Crippen LogP contribution in [0.25, 0.3) is 10.9 Å². The van der Waals surface area contributed by atoms with E-state index in [0.29, 0.717) is 30.3 Å². The van der Waals surface area contributed by atoms with E-state index in [1.807, 2.05) is 19.1 Å². The molecule has 1 aromatic heterocycles. The lowest BCUT2D eigenvalue weighted by Gasteiger charge is -2.25. The standard InChI is InChI=1S/C25H31N3O5S/c1-4-18-14-22(32-2)24(33-3)23-20(18)15-21(27-23)25(29)26-16-17-8-10-19(11-9-17)34(30,31)28-12-6-5-7-13-28/h8-11,14-15,27H,4-7,12-13,16H2,1-3H3,(H,26,29). The quantitative estimate of drug-likeness (QED) is 0.505. The molecule has 1 saturated heterocycles. The van der Waals surface area contributed by atoms with Gasteiger partial charge in [-0.1, -0.05) is 25.5 Å². The number of carbonyl (C=O) groups is 1. The van der Waals surface area contributed by atoms with E-state index in [1.54, 1.807) is 42.8 Å². The lowest BCUT2D eigenvalue weighted by Crippen LogP contribution is -2.35. The molecule has 0 aliphatic carbocycles. The summed E-state index contributed by atoms with van der Waals surface area (Å²) in [5.41, 5.74) is 3.00. The van der Waals surface area contributed by atoms with Gasteiger partial charge in [-0.25, -0.2) is 8.42 Å². The minimum atomic E-state index is -3.47. The van der Waals surface area contributed by atoms with Crippen molar-refractivity contribution in [3.8, 4) is 11.5 Å². The van der Waals surface area contributed by atoms with Gasteiger partial charge < -0.3 is 19.8 Å². The van der Waals surface area contributed by atoms with Crippen LogP contribution in [0.2, 0.25) is 0 Å². The van der Waals surface area contributed by atoms with Gasteiger partial charge in [0.25, 0.3) is 5.91 Å².